The molecule has 1 saturated carbocycles. The van der Waals surface area contributed by atoms with Crippen LogP contribution in [0.15, 0.2) is 0 Å². The Hall–Kier alpha value is -2.04. The summed E-state index contributed by atoms with van der Waals surface area (Å²) in [7, 11) is 0. The highest BCUT2D eigenvalue weighted by atomic mass is 16.3. The molecule has 200 valence electrons. The van der Waals surface area contributed by atoms with Gasteiger partial charge in [-0.05, 0) is 51.5 Å². The van der Waals surface area contributed by atoms with Crippen molar-refractivity contribution in [1.29, 1.82) is 0 Å². The van der Waals surface area contributed by atoms with Gasteiger partial charge >= 0.3 is 0 Å². The van der Waals surface area contributed by atoms with E-state index in [9.17, 15) is 24.3 Å². The smallest absolute Gasteiger partial charge is 0.245 e. The van der Waals surface area contributed by atoms with Crippen molar-refractivity contribution in [2.45, 2.75) is 109 Å². The molecule has 0 radical (unpaired) electrons. The van der Waals surface area contributed by atoms with Gasteiger partial charge in [0.15, 0.2) is 5.78 Å². The van der Waals surface area contributed by atoms with Gasteiger partial charge in [-0.15, -0.1) is 0 Å². The van der Waals surface area contributed by atoms with Crippen molar-refractivity contribution in [3.05, 3.63) is 0 Å². The van der Waals surface area contributed by atoms with Gasteiger partial charge in [-0.2, -0.15) is 0 Å². The zero-order valence-corrected chi connectivity index (χ0v) is 21.5. The fraction of sp³-hybridized carbons (Fsp3) is 0.840. The summed E-state index contributed by atoms with van der Waals surface area (Å²) in [4.78, 5) is 53.0. The van der Waals surface area contributed by atoms with Crippen LogP contribution in [0.3, 0.4) is 0 Å². The molecule has 1 heterocycles. The first kappa shape index (κ1) is 29.2. The standard InChI is InChI=1S/C25H45N5O5/c1-15(2)23(33)19(11-12-26)28-25(35)22(16(3)31)29-24(34)20-10-7-13-30(20)21(32)14-18(27)17-8-5-4-6-9-17/h15-20,22,31H,4-14,26-27H2,1-3H3,(H,28,35)(H,29,34)/t16?,18?,19-,20-,22-/m0/s1. The number of nitrogens with two attached hydrogens (primary N) is 2. The highest BCUT2D eigenvalue weighted by Gasteiger charge is 2.38. The maximum Gasteiger partial charge on any atom is 0.245 e. The summed E-state index contributed by atoms with van der Waals surface area (Å²) in [6, 6.07) is -2.99. The highest BCUT2D eigenvalue weighted by Crippen LogP contribution is 2.28. The predicted octanol–water partition coefficient (Wildman–Crippen LogP) is 0.199. The van der Waals surface area contributed by atoms with Gasteiger partial charge in [0.1, 0.15) is 12.1 Å². The number of hydrogen-bond donors (Lipinski definition) is 5. The van der Waals surface area contributed by atoms with Crippen molar-refractivity contribution in [2.24, 2.45) is 23.3 Å². The van der Waals surface area contributed by atoms with Gasteiger partial charge in [-0.25, -0.2) is 0 Å². The number of likely N-dealkylation sites (tertiary alicyclic amines) is 1. The summed E-state index contributed by atoms with van der Waals surface area (Å²) < 4.78 is 0. The lowest BCUT2D eigenvalue weighted by Gasteiger charge is -2.31. The molecule has 1 saturated heterocycles. The fourth-order valence-electron chi connectivity index (χ4n) is 5.16. The van der Waals surface area contributed by atoms with E-state index in [0.29, 0.717) is 25.3 Å². The molecule has 1 aliphatic carbocycles. The van der Waals surface area contributed by atoms with E-state index in [0.717, 1.165) is 25.7 Å². The Labute approximate surface area is 208 Å². The Morgan fingerprint density at radius 3 is 2.23 bits per heavy atom. The average molecular weight is 496 g/mol. The Bertz CT molecular complexity index is 738. The third kappa shape index (κ3) is 8.25. The molecular formula is C25H45N5O5. The van der Waals surface area contributed by atoms with E-state index < -0.39 is 36.0 Å². The lowest BCUT2D eigenvalue weighted by molar-refractivity contribution is -0.141. The molecule has 10 heteroatoms. The van der Waals surface area contributed by atoms with Crippen molar-refractivity contribution >= 4 is 23.5 Å². The lowest BCUT2D eigenvalue weighted by Crippen LogP contribution is -2.59. The fourth-order valence-corrected chi connectivity index (χ4v) is 5.16. The van der Waals surface area contributed by atoms with E-state index in [4.69, 9.17) is 11.5 Å². The van der Waals surface area contributed by atoms with E-state index in [1.165, 1.54) is 13.3 Å². The number of Topliss-reactive ketones (excluding diaryl/α,β-unsaturated/α-hetero) is 1. The van der Waals surface area contributed by atoms with Crippen LogP contribution in [0.2, 0.25) is 0 Å². The number of aliphatic hydroxyl groups is 1. The van der Waals surface area contributed by atoms with Gasteiger partial charge in [0.05, 0.1) is 12.1 Å². The minimum atomic E-state index is -1.26. The van der Waals surface area contributed by atoms with Crippen molar-refractivity contribution in [2.75, 3.05) is 13.1 Å². The van der Waals surface area contributed by atoms with Crippen LogP contribution in [-0.2, 0) is 19.2 Å². The topological polar surface area (TPSA) is 168 Å². The monoisotopic (exact) mass is 495 g/mol. The second-order valence-electron chi connectivity index (χ2n) is 10.4. The van der Waals surface area contributed by atoms with E-state index in [2.05, 4.69) is 10.6 Å². The zero-order valence-electron chi connectivity index (χ0n) is 21.5. The summed E-state index contributed by atoms with van der Waals surface area (Å²) in [6.45, 7) is 5.53. The molecule has 35 heavy (non-hydrogen) atoms. The molecule has 0 aromatic carbocycles. The first-order valence-corrected chi connectivity index (χ1v) is 13.1. The maximum absolute atomic E-state index is 13.1. The molecule has 0 spiro atoms. The quantitative estimate of drug-likeness (QED) is 0.258. The molecule has 10 nitrogen and oxygen atoms in total. The van der Waals surface area contributed by atoms with Gasteiger partial charge in [0, 0.05) is 24.9 Å². The van der Waals surface area contributed by atoms with Gasteiger partial charge in [0.2, 0.25) is 17.7 Å². The molecular weight excluding hydrogens is 450 g/mol. The molecule has 0 aromatic heterocycles. The molecule has 2 aliphatic rings. The molecule has 2 fully saturated rings. The molecule has 7 N–H and O–H groups in total. The summed E-state index contributed by atoms with van der Waals surface area (Å²) in [5, 5.41) is 15.5. The number of carbonyl (C=O) groups excluding carboxylic acids is 4. The number of hydrogen-bond acceptors (Lipinski definition) is 7. The highest BCUT2D eigenvalue weighted by molar-refractivity contribution is 5.95. The van der Waals surface area contributed by atoms with Gasteiger partial charge in [-0.1, -0.05) is 33.1 Å². The number of nitrogens with one attached hydrogen (secondary N) is 2. The summed E-state index contributed by atoms with van der Waals surface area (Å²) >= 11 is 0. The van der Waals surface area contributed by atoms with Crippen molar-refractivity contribution in [1.82, 2.24) is 15.5 Å². The number of nitrogens with zero attached hydrogens (tertiary/aromatic N) is 1. The van der Waals surface area contributed by atoms with Crippen LogP contribution in [0.1, 0.15) is 78.6 Å². The van der Waals surface area contributed by atoms with Crippen LogP contribution in [0.5, 0.6) is 0 Å². The van der Waals surface area contributed by atoms with Gasteiger partial charge < -0.3 is 32.1 Å². The van der Waals surface area contributed by atoms with Crippen LogP contribution >= 0.6 is 0 Å². The third-order valence-corrected chi connectivity index (χ3v) is 7.29. The van der Waals surface area contributed by atoms with E-state index >= 15 is 0 Å². The molecule has 3 amide bonds. The second-order valence-corrected chi connectivity index (χ2v) is 10.4. The van der Waals surface area contributed by atoms with E-state index in [-0.39, 0.29) is 43.0 Å². The Morgan fingerprint density at radius 2 is 1.66 bits per heavy atom. The van der Waals surface area contributed by atoms with Crippen LogP contribution in [0.4, 0.5) is 0 Å². The average Bonchev–Trinajstić information content (AvgIpc) is 3.32. The Morgan fingerprint density at radius 1 is 1.00 bits per heavy atom. The maximum atomic E-state index is 13.1. The van der Waals surface area contributed by atoms with Crippen molar-refractivity contribution in [3.8, 4) is 0 Å². The van der Waals surface area contributed by atoms with Crippen LogP contribution in [0.25, 0.3) is 0 Å². The first-order chi connectivity index (χ1) is 16.6. The number of aliphatic hydroxyl groups excluding tert-OH is 1. The van der Waals surface area contributed by atoms with Crippen molar-refractivity contribution < 1.29 is 24.3 Å². The number of amides is 3. The minimum absolute atomic E-state index is 0.149. The zero-order chi connectivity index (χ0) is 26.1. The summed E-state index contributed by atoms with van der Waals surface area (Å²) in [6.07, 6.45) is 5.98. The van der Waals surface area contributed by atoms with E-state index in [1.807, 2.05) is 0 Å². The predicted molar refractivity (Wildman–Crippen MR) is 133 cm³/mol. The Balaban J connectivity index is 2.01. The summed E-state index contributed by atoms with van der Waals surface area (Å²) in [5.74, 6) is -1.43. The molecule has 0 aromatic rings. The molecule has 1 aliphatic heterocycles. The van der Waals surface area contributed by atoms with Crippen molar-refractivity contribution in [3.63, 3.8) is 0 Å². The van der Waals surface area contributed by atoms with Crippen LogP contribution in [-0.4, -0.2) is 76.9 Å². The normalized spacial score (nSPS) is 22.4. The van der Waals surface area contributed by atoms with Crippen LogP contribution < -0.4 is 22.1 Å². The number of rotatable bonds is 12. The molecule has 0 bridgehead atoms. The summed E-state index contributed by atoms with van der Waals surface area (Å²) in [5.41, 5.74) is 11.9. The van der Waals surface area contributed by atoms with E-state index in [1.54, 1.807) is 18.7 Å². The lowest BCUT2D eigenvalue weighted by atomic mass is 9.83. The second kappa shape index (κ2) is 13.9. The van der Waals surface area contributed by atoms with Gasteiger partial charge in [0.25, 0.3) is 0 Å². The molecule has 5 atom stereocenters. The first-order valence-electron chi connectivity index (χ1n) is 13.1. The SMILES string of the molecule is CC(C)C(=O)[C@H](CCN)NC(=O)[C@@H](NC(=O)[C@@H]1CCCN1C(=O)CC(N)C1CCCCC1)C(C)O. The van der Waals surface area contributed by atoms with Gasteiger partial charge in [-0.3, -0.25) is 19.2 Å². The number of carbonyl (C=O) groups is 4. The molecule has 2 unspecified atom stereocenters. The third-order valence-electron chi connectivity index (χ3n) is 7.29. The van der Waals surface area contributed by atoms with Crippen LogP contribution in [0, 0.1) is 11.8 Å². The minimum Gasteiger partial charge on any atom is -0.391 e. The Kier molecular flexibility index (Phi) is 11.6. The molecule has 2 rings (SSSR count). The largest absolute Gasteiger partial charge is 0.391 e. The number of ketones is 1.